The molecule has 0 unspecified atom stereocenters. The molecule has 2 aromatic carbocycles. The molecule has 1 saturated heterocycles. The normalized spacial score (nSPS) is 16.2. The highest BCUT2D eigenvalue weighted by atomic mass is 35.5. The van der Waals surface area contributed by atoms with Crippen LogP contribution in [0, 0.1) is 0 Å². The standard InChI is InChI=1S/C20H24ClN3O2/c1-15(20(25)22-17-6-4-8-19(14-17)26-2)23-9-11-24(12-10-23)18-7-3-5-16(21)13-18/h3-8,13-15H,9-12H2,1-2H3,(H,22,25)/t15-/m0/s1. The van der Waals surface area contributed by atoms with Crippen LogP contribution in [0.5, 0.6) is 5.75 Å². The van der Waals surface area contributed by atoms with E-state index in [1.165, 1.54) is 0 Å². The summed E-state index contributed by atoms with van der Waals surface area (Å²) in [5, 5.41) is 3.72. The maximum atomic E-state index is 12.6. The molecule has 1 N–H and O–H groups in total. The highest BCUT2D eigenvalue weighted by Crippen LogP contribution is 2.22. The summed E-state index contributed by atoms with van der Waals surface area (Å²) in [4.78, 5) is 17.1. The fraction of sp³-hybridized carbons (Fsp3) is 0.350. The van der Waals surface area contributed by atoms with Crippen molar-refractivity contribution in [3.8, 4) is 5.75 Å². The van der Waals surface area contributed by atoms with Gasteiger partial charge < -0.3 is 15.0 Å². The maximum Gasteiger partial charge on any atom is 0.241 e. The van der Waals surface area contributed by atoms with E-state index in [1.807, 2.05) is 49.4 Å². The molecule has 1 atom stereocenters. The van der Waals surface area contributed by atoms with Gasteiger partial charge in [0.05, 0.1) is 13.2 Å². The van der Waals surface area contributed by atoms with E-state index in [2.05, 4.69) is 21.2 Å². The van der Waals surface area contributed by atoms with E-state index < -0.39 is 0 Å². The Morgan fingerprint density at radius 1 is 1.12 bits per heavy atom. The lowest BCUT2D eigenvalue weighted by atomic mass is 10.2. The first-order chi connectivity index (χ1) is 12.6. The lowest BCUT2D eigenvalue weighted by molar-refractivity contribution is -0.120. The molecule has 138 valence electrons. The van der Waals surface area contributed by atoms with Gasteiger partial charge in [-0.3, -0.25) is 9.69 Å². The average Bonchev–Trinajstić information content (AvgIpc) is 2.67. The number of halogens is 1. The first kappa shape index (κ1) is 18.5. The second-order valence-electron chi connectivity index (χ2n) is 6.40. The summed E-state index contributed by atoms with van der Waals surface area (Å²) in [6.45, 7) is 5.36. The molecule has 3 rings (SSSR count). The van der Waals surface area contributed by atoms with Crippen LogP contribution in [0.15, 0.2) is 48.5 Å². The minimum Gasteiger partial charge on any atom is -0.497 e. The van der Waals surface area contributed by atoms with Gasteiger partial charge in [-0.25, -0.2) is 0 Å². The van der Waals surface area contributed by atoms with E-state index in [-0.39, 0.29) is 11.9 Å². The van der Waals surface area contributed by atoms with Crippen LogP contribution in [0.1, 0.15) is 6.92 Å². The summed E-state index contributed by atoms with van der Waals surface area (Å²) in [5.74, 6) is 0.722. The van der Waals surface area contributed by atoms with Gasteiger partial charge in [0.25, 0.3) is 0 Å². The summed E-state index contributed by atoms with van der Waals surface area (Å²) >= 11 is 6.08. The molecule has 6 heteroatoms. The minimum absolute atomic E-state index is 0.00513. The highest BCUT2D eigenvalue weighted by Gasteiger charge is 2.25. The number of anilines is 2. The smallest absolute Gasteiger partial charge is 0.241 e. The molecule has 1 heterocycles. The van der Waals surface area contributed by atoms with Crippen molar-refractivity contribution in [1.29, 1.82) is 0 Å². The van der Waals surface area contributed by atoms with Crippen molar-refractivity contribution >= 4 is 28.9 Å². The van der Waals surface area contributed by atoms with Gasteiger partial charge in [0.2, 0.25) is 5.91 Å². The molecular formula is C20H24ClN3O2. The number of amides is 1. The molecule has 0 saturated carbocycles. The van der Waals surface area contributed by atoms with Crippen molar-refractivity contribution in [2.45, 2.75) is 13.0 Å². The largest absolute Gasteiger partial charge is 0.497 e. The van der Waals surface area contributed by atoms with Crippen LogP contribution in [-0.4, -0.2) is 50.1 Å². The van der Waals surface area contributed by atoms with Gasteiger partial charge in [-0.1, -0.05) is 23.7 Å². The zero-order valence-corrected chi connectivity index (χ0v) is 15.9. The van der Waals surface area contributed by atoms with Crippen LogP contribution in [0.25, 0.3) is 0 Å². The summed E-state index contributed by atoms with van der Waals surface area (Å²) < 4.78 is 5.20. The third-order valence-electron chi connectivity index (χ3n) is 4.75. The van der Waals surface area contributed by atoms with Crippen LogP contribution in [0.4, 0.5) is 11.4 Å². The molecule has 0 bridgehead atoms. The second kappa shape index (κ2) is 8.43. The monoisotopic (exact) mass is 373 g/mol. The Morgan fingerprint density at radius 2 is 1.85 bits per heavy atom. The molecule has 0 spiro atoms. The summed E-state index contributed by atoms with van der Waals surface area (Å²) in [6.07, 6.45) is 0. The molecule has 0 aliphatic carbocycles. The molecule has 1 aliphatic heterocycles. The number of methoxy groups -OCH3 is 1. The number of benzene rings is 2. The van der Waals surface area contributed by atoms with Gasteiger partial charge in [-0.2, -0.15) is 0 Å². The molecule has 26 heavy (non-hydrogen) atoms. The van der Waals surface area contributed by atoms with E-state index in [1.54, 1.807) is 7.11 Å². The van der Waals surface area contributed by atoms with Gasteiger partial charge in [0.15, 0.2) is 0 Å². The highest BCUT2D eigenvalue weighted by molar-refractivity contribution is 6.30. The lowest BCUT2D eigenvalue weighted by Crippen LogP contribution is -2.52. The first-order valence-corrected chi connectivity index (χ1v) is 9.14. The number of hydrogen-bond donors (Lipinski definition) is 1. The predicted molar refractivity (Wildman–Crippen MR) is 106 cm³/mol. The van der Waals surface area contributed by atoms with Crippen LogP contribution >= 0.6 is 11.6 Å². The van der Waals surface area contributed by atoms with Crippen molar-refractivity contribution in [2.24, 2.45) is 0 Å². The summed E-state index contributed by atoms with van der Waals surface area (Å²) in [5.41, 5.74) is 1.88. The van der Waals surface area contributed by atoms with Crippen molar-refractivity contribution < 1.29 is 9.53 Å². The van der Waals surface area contributed by atoms with Crippen molar-refractivity contribution in [3.63, 3.8) is 0 Å². The van der Waals surface area contributed by atoms with Crippen LogP contribution in [0.2, 0.25) is 5.02 Å². The Kier molecular flexibility index (Phi) is 6.01. The first-order valence-electron chi connectivity index (χ1n) is 8.76. The number of hydrogen-bond acceptors (Lipinski definition) is 4. The number of nitrogens with one attached hydrogen (secondary N) is 1. The third kappa shape index (κ3) is 4.48. The maximum absolute atomic E-state index is 12.6. The zero-order chi connectivity index (χ0) is 18.5. The van der Waals surface area contributed by atoms with Crippen molar-refractivity contribution in [3.05, 3.63) is 53.6 Å². The minimum atomic E-state index is -0.192. The van der Waals surface area contributed by atoms with Gasteiger partial charge in [0, 0.05) is 48.6 Å². The molecule has 2 aromatic rings. The fourth-order valence-corrected chi connectivity index (χ4v) is 3.34. The Balaban J connectivity index is 1.55. The quantitative estimate of drug-likeness (QED) is 0.871. The Hall–Kier alpha value is -2.24. The number of piperazine rings is 1. The van der Waals surface area contributed by atoms with Crippen LogP contribution in [0.3, 0.4) is 0 Å². The van der Waals surface area contributed by atoms with Gasteiger partial charge >= 0.3 is 0 Å². The van der Waals surface area contributed by atoms with Gasteiger partial charge in [-0.05, 0) is 37.3 Å². The Bertz CT molecular complexity index is 760. The van der Waals surface area contributed by atoms with E-state index in [0.29, 0.717) is 0 Å². The molecular weight excluding hydrogens is 350 g/mol. The number of carbonyl (C=O) groups is 1. The number of nitrogens with zero attached hydrogens (tertiary/aromatic N) is 2. The average molecular weight is 374 g/mol. The Labute approximate surface area is 159 Å². The number of rotatable bonds is 5. The predicted octanol–water partition coefficient (Wildman–Crippen LogP) is 3.50. The molecule has 0 radical (unpaired) electrons. The number of ether oxygens (including phenoxy) is 1. The second-order valence-corrected chi connectivity index (χ2v) is 6.84. The van der Waals surface area contributed by atoms with E-state index >= 15 is 0 Å². The number of carbonyl (C=O) groups excluding carboxylic acids is 1. The van der Waals surface area contributed by atoms with Crippen molar-refractivity contribution in [1.82, 2.24) is 4.90 Å². The topological polar surface area (TPSA) is 44.8 Å². The van der Waals surface area contributed by atoms with Crippen molar-refractivity contribution in [2.75, 3.05) is 43.5 Å². The van der Waals surface area contributed by atoms with E-state index in [4.69, 9.17) is 16.3 Å². The van der Waals surface area contributed by atoms with E-state index in [9.17, 15) is 4.79 Å². The third-order valence-corrected chi connectivity index (χ3v) is 4.99. The zero-order valence-electron chi connectivity index (χ0n) is 15.1. The molecule has 1 amide bonds. The van der Waals surface area contributed by atoms with Gasteiger partial charge in [0.1, 0.15) is 5.75 Å². The van der Waals surface area contributed by atoms with Crippen LogP contribution in [-0.2, 0) is 4.79 Å². The van der Waals surface area contributed by atoms with E-state index in [0.717, 1.165) is 48.3 Å². The molecule has 1 fully saturated rings. The summed E-state index contributed by atoms with van der Waals surface area (Å²) in [7, 11) is 1.61. The molecule has 0 aromatic heterocycles. The summed E-state index contributed by atoms with van der Waals surface area (Å²) in [6, 6.07) is 15.1. The fourth-order valence-electron chi connectivity index (χ4n) is 3.15. The van der Waals surface area contributed by atoms with Gasteiger partial charge in [-0.15, -0.1) is 0 Å². The molecule has 1 aliphatic rings. The SMILES string of the molecule is COc1cccc(NC(=O)[C@H](C)N2CCN(c3cccc(Cl)c3)CC2)c1. The Morgan fingerprint density at radius 3 is 2.54 bits per heavy atom. The van der Waals surface area contributed by atoms with Crippen LogP contribution < -0.4 is 15.0 Å². The lowest BCUT2D eigenvalue weighted by Gasteiger charge is -2.38. The molecule has 5 nitrogen and oxygen atoms in total.